The highest BCUT2D eigenvalue weighted by atomic mass is 35.5. The van der Waals surface area contributed by atoms with Crippen molar-refractivity contribution in [1.82, 2.24) is 5.43 Å². The van der Waals surface area contributed by atoms with Crippen molar-refractivity contribution in [2.45, 2.75) is 19.4 Å². The first-order valence-electron chi connectivity index (χ1n) is 6.18. The molecular formula is C15H15Cl2FN2. The van der Waals surface area contributed by atoms with Crippen LogP contribution in [0.25, 0.3) is 0 Å². The number of rotatable bonds is 4. The summed E-state index contributed by atoms with van der Waals surface area (Å²) in [5.74, 6) is 5.31. The van der Waals surface area contributed by atoms with Crippen LogP contribution < -0.4 is 11.3 Å². The Hall–Kier alpha value is -1.13. The minimum absolute atomic E-state index is 0.187. The number of hydrogen-bond donors (Lipinski definition) is 2. The zero-order valence-electron chi connectivity index (χ0n) is 11.0. The topological polar surface area (TPSA) is 38.0 Å². The summed E-state index contributed by atoms with van der Waals surface area (Å²) in [6, 6.07) is 9.75. The van der Waals surface area contributed by atoms with Crippen LogP contribution in [0.2, 0.25) is 10.0 Å². The zero-order valence-corrected chi connectivity index (χ0v) is 12.5. The van der Waals surface area contributed by atoms with E-state index in [1.165, 1.54) is 12.1 Å². The van der Waals surface area contributed by atoms with Gasteiger partial charge in [-0.2, -0.15) is 0 Å². The summed E-state index contributed by atoms with van der Waals surface area (Å²) >= 11 is 12.2. The van der Waals surface area contributed by atoms with Gasteiger partial charge in [0.1, 0.15) is 5.82 Å². The number of nitrogens with one attached hydrogen (secondary N) is 1. The first-order valence-corrected chi connectivity index (χ1v) is 6.93. The largest absolute Gasteiger partial charge is 0.271 e. The predicted molar refractivity (Wildman–Crippen MR) is 81.4 cm³/mol. The molecule has 3 N–H and O–H groups in total. The Morgan fingerprint density at radius 1 is 1.20 bits per heavy atom. The van der Waals surface area contributed by atoms with Crippen molar-refractivity contribution >= 4 is 23.2 Å². The molecule has 0 aromatic heterocycles. The van der Waals surface area contributed by atoms with Crippen LogP contribution in [0, 0.1) is 12.7 Å². The quantitative estimate of drug-likeness (QED) is 0.656. The van der Waals surface area contributed by atoms with E-state index < -0.39 is 0 Å². The van der Waals surface area contributed by atoms with Gasteiger partial charge in [-0.3, -0.25) is 11.3 Å². The minimum atomic E-state index is -0.317. The molecule has 5 heteroatoms. The van der Waals surface area contributed by atoms with E-state index in [0.717, 1.165) is 11.1 Å². The first-order chi connectivity index (χ1) is 9.52. The predicted octanol–water partition coefficient (Wildman–Crippen LogP) is 4.19. The molecule has 0 radical (unpaired) electrons. The molecule has 2 nitrogen and oxygen atoms in total. The Balaban J connectivity index is 2.34. The van der Waals surface area contributed by atoms with E-state index >= 15 is 0 Å². The van der Waals surface area contributed by atoms with E-state index in [-0.39, 0.29) is 11.9 Å². The second kappa shape index (κ2) is 6.55. The van der Waals surface area contributed by atoms with Crippen molar-refractivity contribution in [2.75, 3.05) is 0 Å². The van der Waals surface area contributed by atoms with E-state index in [1.807, 2.05) is 25.1 Å². The highest BCUT2D eigenvalue weighted by Crippen LogP contribution is 2.28. The van der Waals surface area contributed by atoms with Crippen molar-refractivity contribution in [3.05, 3.63) is 69.0 Å². The monoisotopic (exact) mass is 312 g/mol. The van der Waals surface area contributed by atoms with Gasteiger partial charge < -0.3 is 0 Å². The molecule has 2 aromatic rings. The highest BCUT2D eigenvalue weighted by molar-refractivity contribution is 6.31. The van der Waals surface area contributed by atoms with Crippen molar-refractivity contribution in [1.29, 1.82) is 0 Å². The molecule has 0 bridgehead atoms. The van der Waals surface area contributed by atoms with Crippen LogP contribution in [-0.4, -0.2) is 0 Å². The van der Waals surface area contributed by atoms with Gasteiger partial charge in [-0.15, -0.1) is 0 Å². The van der Waals surface area contributed by atoms with Crippen molar-refractivity contribution in [2.24, 2.45) is 5.84 Å². The zero-order chi connectivity index (χ0) is 14.7. The van der Waals surface area contributed by atoms with Crippen LogP contribution in [-0.2, 0) is 6.42 Å². The molecule has 0 spiro atoms. The van der Waals surface area contributed by atoms with Gasteiger partial charge in [0.05, 0.1) is 6.04 Å². The van der Waals surface area contributed by atoms with Crippen LogP contribution in [0.3, 0.4) is 0 Å². The van der Waals surface area contributed by atoms with Gasteiger partial charge >= 0.3 is 0 Å². The van der Waals surface area contributed by atoms with E-state index in [4.69, 9.17) is 29.0 Å². The fourth-order valence-electron chi connectivity index (χ4n) is 2.18. The summed E-state index contributed by atoms with van der Waals surface area (Å²) in [5.41, 5.74) is 5.37. The second-order valence-electron chi connectivity index (χ2n) is 4.61. The molecule has 1 unspecified atom stereocenters. The lowest BCUT2D eigenvalue weighted by Crippen LogP contribution is -2.30. The lowest BCUT2D eigenvalue weighted by atomic mass is 9.96. The first kappa shape index (κ1) is 15.3. The minimum Gasteiger partial charge on any atom is -0.271 e. The third-order valence-corrected chi connectivity index (χ3v) is 4.10. The summed E-state index contributed by atoms with van der Waals surface area (Å²) < 4.78 is 13.3. The summed E-state index contributed by atoms with van der Waals surface area (Å²) in [7, 11) is 0. The fourth-order valence-corrected chi connectivity index (χ4v) is 2.56. The summed E-state index contributed by atoms with van der Waals surface area (Å²) in [5, 5.41) is 1.19. The van der Waals surface area contributed by atoms with Crippen LogP contribution in [0.4, 0.5) is 4.39 Å². The maximum Gasteiger partial charge on any atom is 0.123 e. The van der Waals surface area contributed by atoms with Gasteiger partial charge in [-0.05, 0) is 54.3 Å². The lowest BCUT2D eigenvalue weighted by Gasteiger charge is -2.20. The van der Waals surface area contributed by atoms with E-state index in [2.05, 4.69) is 5.43 Å². The van der Waals surface area contributed by atoms with E-state index in [1.54, 1.807) is 6.07 Å². The molecule has 2 rings (SSSR count). The molecule has 2 aromatic carbocycles. The molecule has 106 valence electrons. The molecule has 0 heterocycles. The normalized spacial score (nSPS) is 12.4. The molecule has 0 aliphatic carbocycles. The molecule has 0 aliphatic rings. The van der Waals surface area contributed by atoms with Crippen LogP contribution in [0.15, 0.2) is 36.4 Å². The Labute approximate surface area is 127 Å². The lowest BCUT2D eigenvalue weighted by molar-refractivity contribution is 0.546. The number of benzene rings is 2. The maximum absolute atomic E-state index is 13.3. The van der Waals surface area contributed by atoms with Gasteiger partial charge in [0, 0.05) is 10.0 Å². The summed E-state index contributed by atoms with van der Waals surface area (Å²) in [4.78, 5) is 0. The molecule has 0 saturated carbocycles. The van der Waals surface area contributed by atoms with E-state index in [9.17, 15) is 4.39 Å². The van der Waals surface area contributed by atoms with Gasteiger partial charge in [0.2, 0.25) is 0 Å². The Morgan fingerprint density at radius 3 is 2.65 bits per heavy atom. The average molecular weight is 313 g/mol. The SMILES string of the molecule is Cc1c(Cl)cccc1C(Cc1cc(F)ccc1Cl)NN. The van der Waals surface area contributed by atoms with Crippen LogP contribution in [0.1, 0.15) is 22.7 Å². The highest BCUT2D eigenvalue weighted by Gasteiger charge is 2.16. The number of nitrogens with two attached hydrogens (primary N) is 1. The van der Waals surface area contributed by atoms with Crippen molar-refractivity contribution < 1.29 is 4.39 Å². The van der Waals surface area contributed by atoms with Gasteiger partial charge in [-0.25, -0.2) is 4.39 Å². The van der Waals surface area contributed by atoms with E-state index in [0.29, 0.717) is 22.0 Å². The van der Waals surface area contributed by atoms with Gasteiger partial charge in [0.15, 0.2) is 0 Å². The summed E-state index contributed by atoms with van der Waals surface area (Å²) in [6.07, 6.45) is 0.480. The number of hydrogen-bond acceptors (Lipinski definition) is 2. The van der Waals surface area contributed by atoms with Gasteiger partial charge in [0.25, 0.3) is 0 Å². The van der Waals surface area contributed by atoms with Crippen LogP contribution in [0.5, 0.6) is 0 Å². The third-order valence-electron chi connectivity index (χ3n) is 3.32. The Morgan fingerprint density at radius 2 is 1.95 bits per heavy atom. The Bertz CT molecular complexity index is 617. The summed E-state index contributed by atoms with van der Waals surface area (Å²) in [6.45, 7) is 1.93. The molecule has 0 saturated heterocycles. The number of hydrazine groups is 1. The van der Waals surface area contributed by atoms with Gasteiger partial charge in [-0.1, -0.05) is 35.3 Å². The third kappa shape index (κ3) is 3.30. The fraction of sp³-hybridized carbons (Fsp3) is 0.200. The molecule has 0 fully saturated rings. The molecule has 0 aliphatic heterocycles. The van der Waals surface area contributed by atoms with Crippen molar-refractivity contribution in [3.8, 4) is 0 Å². The maximum atomic E-state index is 13.3. The van der Waals surface area contributed by atoms with Crippen LogP contribution >= 0.6 is 23.2 Å². The molecule has 20 heavy (non-hydrogen) atoms. The standard InChI is InChI=1S/C15H15Cl2FN2/c1-9-12(3-2-4-13(9)16)15(20-19)8-10-7-11(18)5-6-14(10)17/h2-7,15,20H,8,19H2,1H3. The average Bonchev–Trinajstić information content (AvgIpc) is 2.43. The molecule has 0 amide bonds. The smallest absolute Gasteiger partial charge is 0.123 e. The number of halogens is 3. The Kier molecular flexibility index (Phi) is 5.00. The van der Waals surface area contributed by atoms with Crippen molar-refractivity contribution in [3.63, 3.8) is 0 Å². The second-order valence-corrected chi connectivity index (χ2v) is 5.43. The molecular weight excluding hydrogens is 298 g/mol. The molecule has 1 atom stereocenters.